The van der Waals surface area contributed by atoms with E-state index >= 15 is 0 Å². The van der Waals surface area contributed by atoms with E-state index in [9.17, 15) is 19.2 Å². The molecule has 3 fully saturated rings. The fraction of sp³-hybridized carbons (Fsp3) is 0.360. The van der Waals surface area contributed by atoms with Crippen LogP contribution in [0.25, 0.3) is 0 Å². The molecule has 9 heteroatoms. The fourth-order valence-corrected chi connectivity index (χ4v) is 6.41. The average molecular weight is 520 g/mol. The van der Waals surface area contributed by atoms with E-state index in [1.165, 1.54) is 25.1 Å². The molecule has 0 N–H and O–H groups in total. The van der Waals surface area contributed by atoms with E-state index in [2.05, 4.69) is 0 Å². The van der Waals surface area contributed by atoms with Crippen LogP contribution >= 0.6 is 34.8 Å². The van der Waals surface area contributed by atoms with E-state index in [1.54, 1.807) is 24.3 Å². The summed E-state index contributed by atoms with van der Waals surface area (Å²) in [5.74, 6) is -2.61. The summed E-state index contributed by atoms with van der Waals surface area (Å²) < 4.78 is 0. The molecule has 6 nitrogen and oxygen atoms in total. The predicted molar refractivity (Wildman–Crippen MR) is 128 cm³/mol. The average Bonchev–Trinajstić information content (AvgIpc) is 3.49. The van der Waals surface area contributed by atoms with Crippen molar-refractivity contribution in [3.05, 3.63) is 68.7 Å². The highest BCUT2D eigenvalue weighted by Gasteiger charge is 2.63. The first kappa shape index (κ1) is 23.3. The van der Waals surface area contributed by atoms with E-state index < -0.39 is 41.4 Å². The Bertz CT molecular complexity index is 1190. The third-order valence-corrected chi connectivity index (χ3v) is 8.16. The van der Waals surface area contributed by atoms with Crippen molar-refractivity contribution >= 4 is 58.3 Å². The highest BCUT2D eigenvalue weighted by molar-refractivity contribution is 6.37. The molecular weight excluding hydrogens is 499 g/mol. The molecular formula is C25H21Cl3N2O4. The zero-order valence-corrected chi connectivity index (χ0v) is 20.5. The maximum Gasteiger partial charge on any atom is 0.275 e. The Labute approximate surface area is 211 Å². The molecule has 0 unspecified atom stereocenters. The van der Waals surface area contributed by atoms with Crippen LogP contribution in [0.2, 0.25) is 15.1 Å². The van der Waals surface area contributed by atoms with Gasteiger partial charge in [0, 0.05) is 15.6 Å². The fourth-order valence-electron chi connectivity index (χ4n) is 5.80. The van der Waals surface area contributed by atoms with Crippen LogP contribution in [0, 0.1) is 23.7 Å². The van der Waals surface area contributed by atoms with Gasteiger partial charge in [0.25, 0.3) is 17.7 Å². The maximum atomic E-state index is 13.8. The number of Topliss-reactive ketones (excluding diaryl/α,β-unsaturated/α-hetero) is 1. The first-order valence-electron chi connectivity index (χ1n) is 11.1. The smallest absolute Gasteiger partial charge is 0.275 e. The first-order valence-corrected chi connectivity index (χ1v) is 12.3. The predicted octanol–water partition coefficient (Wildman–Crippen LogP) is 5.31. The molecule has 3 aliphatic rings. The Kier molecular flexibility index (Phi) is 5.95. The molecule has 5 atom stereocenters. The van der Waals surface area contributed by atoms with Crippen molar-refractivity contribution in [2.45, 2.75) is 32.2 Å². The Morgan fingerprint density at radius 2 is 1.47 bits per heavy atom. The Morgan fingerprint density at radius 3 is 2.03 bits per heavy atom. The summed E-state index contributed by atoms with van der Waals surface area (Å²) >= 11 is 18.2. The Morgan fingerprint density at radius 1 is 0.912 bits per heavy atom. The molecule has 3 amide bonds. The number of ketones is 1. The second-order valence-corrected chi connectivity index (χ2v) is 10.5. The quantitative estimate of drug-likeness (QED) is 0.396. The number of nitrogens with zero attached hydrogens (tertiary/aromatic N) is 2. The van der Waals surface area contributed by atoms with Gasteiger partial charge in [-0.25, -0.2) is 5.01 Å². The minimum atomic E-state index is -1.15. The highest BCUT2D eigenvalue weighted by atomic mass is 35.5. The van der Waals surface area contributed by atoms with Gasteiger partial charge < -0.3 is 0 Å². The molecule has 2 aromatic carbocycles. The van der Waals surface area contributed by atoms with Crippen LogP contribution in [-0.2, 0) is 9.59 Å². The van der Waals surface area contributed by atoms with E-state index in [-0.39, 0.29) is 22.4 Å². The lowest BCUT2D eigenvalue weighted by atomic mass is 9.81. The second-order valence-electron chi connectivity index (χ2n) is 9.19. The highest BCUT2D eigenvalue weighted by Crippen LogP contribution is 2.56. The number of benzene rings is 2. The van der Waals surface area contributed by atoms with Crippen LogP contribution in [-0.4, -0.2) is 39.6 Å². The lowest BCUT2D eigenvalue weighted by Crippen LogP contribution is -2.57. The van der Waals surface area contributed by atoms with Gasteiger partial charge in [0.15, 0.2) is 5.78 Å². The van der Waals surface area contributed by atoms with Gasteiger partial charge in [0.2, 0.25) is 0 Å². The molecule has 2 aliphatic carbocycles. The molecule has 0 radical (unpaired) electrons. The number of carbonyl (C=O) groups excluding carboxylic acids is 4. The van der Waals surface area contributed by atoms with Crippen LogP contribution < -0.4 is 0 Å². The monoisotopic (exact) mass is 518 g/mol. The molecule has 5 rings (SSSR count). The summed E-state index contributed by atoms with van der Waals surface area (Å²) in [4.78, 5) is 54.2. The maximum absolute atomic E-state index is 13.8. The lowest BCUT2D eigenvalue weighted by molar-refractivity contribution is -0.157. The summed E-state index contributed by atoms with van der Waals surface area (Å²) in [5, 5.41) is 2.74. The third-order valence-electron chi connectivity index (χ3n) is 7.36. The first-order chi connectivity index (χ1) is 16.2. The molecule has 2 bridgehead atoms. The van der Waals surface area contributed by atoms with Crippen LogP contribution in [0.5, 0.6) is 0 Å². The third kappa shape index (κ3) is 3.63. The molecule has 1 aliphatic heterocycles. The van der Waals surface area contributed by atoms with Gasteiger partial charge in [-0.3, -0.25) is 19.2 Å². The lowest BCUT2D eigenvalue weighted by Gasteiger charge is -2.35. The van der Waals surface area contributed by atoms with E-state index in [1.807, 2.05) is 0 Å². The number of hydrogen-bond donors (Lipinski definition) is 0. The summed E-state index contributed by atoms with van der Waals surface area (Å²) in [5.41, 5.74) is 0.346. The van der Waals surface area contributed by atoms with Gasteiger partial charge in [0.05, 0.1) is 22.4 Å². The molecule has 0 spiro atoms. The molecule has 0 aromatic heterocycles. The van der Waals surface area contributed by atoms with E-state index in [0.29, 0.717) is 15.6 Å². The number of rotatable bonds is 5. The molecule has 2 saturated carbocycles. The molecule has 176 valence electrons. The topological polar surface area (TPSA) is 74.8 Å². The molecule has 2 aromatic rings. The molecule has 34 heavy (non-hydrogen) atoms. The number of halogens is 3. The van der Waals surface area contributed by atoms with Crippen LogP contribution in [0.4, 0.5) is 0 Å². The molecule has 1 heterocycles. The summed E-state index contributed by atoms with van der Waals surface area (Å²) in [6.45, 7) is 1.50. The summed E-state index contributed by atoms with van der Waals surface area (Å²) in [6.07, 6.45) is 2.65. The van der Waals surface area contributed by atoms with Crippen LogP contribution in [0.15, 0.2) is 42.5 Å². The number of imide groups is 1. The summed E-state index contributed by atoms with van der Waals surface area (Å²) in [7, 11) is 0. The zero-order chi connectivity index (χ0) is 24.3. The normalized spacial score (nSPS) is 26.1. The minimum Gasteiger partial charge on any atom is -0.292 e. The van der Waals surface area contributed by atoms with Crippen molar-refractivity contribution in [2.75, 3.05) is 0 Å². The Balaban J connectivity index is 1.56. The molecule has 1 saturated heterocycles. The van der Waals surface area contributed by atoms with Crippen molar-refractivity contribution in [3.63, 3.8) is 0 Å². The summed E-state index contributed by atoms with van der Waals surface area (Å²) in [6, 6.07) is 9.40. The Hall–Kier alpha value is -2.41. The van der Waals surface area contributed by atoms with Crippen molar-refractivity contribution in [3.8, 4) is 0 Å². The van der Waals surface area contributed by atoms with Gasteiger partial charge in [0.1, 0.15) is 6.04 Å². The number of hydrogen-bond acceptors (Lipinski definition) is 4. The second kappa shape index (κ2) is 8.67. The number of carbonyl (C=O) groups is 4. The van der Waals surface area contributed by atoms with Crippen LogP contribution in [0.1, 0.15) is 46.9 Å². The van der Waals surface area contributed by atoms with Crippen LogP contribution in [0.3, 0.4) is 0 Å². The van der Waals surface area contributed by atoms with Crippen molar-refractivity contribution in [2.24, 2.45) is 23.7 Å². The van der Waals surface area contributed by atoms with Gasteiger partial charge in [-0.15, -0.1) is 0 Å². The van der Waals surface area contributed by atoms with Crippen molar-refractivity contribution < 1.29 is 19.2 Å². The van der Waals surface area contributed by atoms with Crippen molar-refractivity contribution in [1.82, 2.24) is 10.0 Å². The number of fused-ring (bicyclic) bond motifs is 5. The van der Waals surface area contributed by atoms with E-state index in [0.717, 1.165) is 29.3 Å². The number of hydrazine groups is 1. The minimum absolute atomic E-state index is 0.0439. The van der Waals surface area contributed by atoms with Gasteiger partial charge in [-0.2, -0.15) is 5.01 Å². The van der Waals surface area contributed by atoms with E-state index in [4.69, 9.17) is 34.8 Å². The van der Waals surface area contributed by atoms with Gasteiger partial charge >= 0.3 is 0 Å². The van der Waals surface area contributed by atoms with Gasteiger partial charge in [-0.05, 0) is 80.5 Å². The van der Waals surface area contributed by atoms with Gasteiger partial charge in [-0.1, -0.05) is 34.8 Å². The largest absolute Gasteiger partial charge is 0.292 e. The SMILES string of the molecule is C[C@H](C(=O)c1ccc(Cl)cc1)N(C(=O)c1ccc(Cl)cc1Cl)N1C(=O)[C@@H]2[C@H]3CC[C@@H](C3)[C@H]2C1=O. The van der Waals surface area contributed by atoms with Crippen molar-refractivity contribution in [1.29, 1.82) is 0 Å². The number of amides is 3. The zero-order valence-electron chi connectivity index (χ0n) is 18.2. The standard InChI is InChI=1S/C25H21Cl3N2O4/c1-12(22(31)13-4-6-16(26)7-5-13)29(23(32)18-9-8-17(27)11-19(18)28)30-24(33)20-14-2-3-15(10-14)21(20)25(30)34/h4-9,11-12,14-15,20-21H,2-3,10H2,1H3/t12-,14+,15+,20-,21-/m1/s1.